The van der Waals surface area contributed by atoms with Gasteiger partial charge in [0.2, 0.25) is 0 Å². The summed E-state index contributed by atoms with van der Waals surface area (Å²) in [7, 11) is 3.37. The van der Waals surface area contributed by atoms with Crippen LogP contribution in [0, 0.1) is 5.82 Å². The van der Waals surface area contributed by atoms with Crippen LogP contribution in [0.1, 0.15) is 5.56 Å². The van der Waals surface area contributed by atoms with Crippen LogP contribution in [-0.2, 0) is 11.3 Å². The van der Waals surface area contributed by atoms with Crippen molar-refractivity contribution in [1.29, 1.82) is 0 Å². The van der Waals surface area contributed by atoms with Crippen LogP contribution >= 0.6 is 0 Å². The maximum Gasteiger partial charge on any atom is 0.260 e. The van der Waals surface area contributed by atoms with Gasteiger partial charge in [0, 0.05) is 13.6 Å². The molecule has 0 radical (unpaired) electrons. The van der Waals surface area contributed by atoms with Gasteiger partial charge in [-0.25, -0.2) is 4.39 Å². The van der Waals surface area contributed by atoms with E-state index in [1.807, 2.05) is 30.3 Å². The third-order valence-electron chi connectivity index (χ3n) is 4.13. The predicted molar refractivity (Wildman–Crippen MR) is 98.9 cm³/mol. The standard InChI is InChI=1S/C21H20FNO3/c1-23(21(24)14-26-19-9-6-18(22)7-10-19)13-15-3-4-17-12-20(25-2)8-5-16(17)11-15/h3-12H,13-14H2,1-2H3. The van der Waals surface area contributed by atoms with E-state index in [1.165, 1.54) is 24.3 Å². The molecule has 0 fully saturated rings. The van der Waals surface area contributed by atoms with Crippen LogP contribution in [0.4, 0.5) is 4.39 Å². The summed E-state index contributed by atoms with van der Waals surface area (Å²) in [5.74, 6) is 0.794. The summed E-state index contributed by atoms with van der Waals surface area (Å²) in [6, 6.07) is 17.5. The highest BCUT2D eigenvalue weighted by molar-refractivity contribution is 5.84. The Morgan fingerprint density at radius 2 is 1.62 bits per heavy atom. The second-order valence-corrected chi connectivity index (χ2v) is 6.04. The Morgan fingerprint density at radius 1 is 0.962 bits per heavy atom. The molecule has 0 aliphatic carbocycles. The second-order valence-electron chi connectivity index (χ2n) is 6.04. The first-order valence-corrected chi connectivity index (χ1v) is 8.24. The quantitative estimate of drug-likeness (QED) is 0.672. The number of carbonyl (C=O) groups excluding carboxylic acids is 1. The Labute approximate surface area is 151 Å². The van der Waals surface area contributed by atoms with Gasteiger partial charge < -0.3 is 14.4 Å². The fourth-order valence-electron chi connectivity index (χ4n) is 2.65. The van der Waals surface area contributed by atoms with Crippen molar-refractivity contribution in [1.82, 2.24) is 4.90 Å². The number of amides is 1. The SMILES string of the molecule is COc1ccc2cc(CN(C)C(=O)COc3ccc(F)cc3)ccc2c1. The molecule has 0 bridgehead atoms. The number of fused-ring (bicyclic) bond motifs is 1. The number of benzene rings is 3. The lowest BCUT2D eigenvalue weighted by Crippen LogP contribution is -2.30. The van der Waals surface area contributed by atoms with Gasteiger partial charge in [0.15, 0.2) is 6.61 Å². The van der Waals surface area contributed by atoms with Crippen LogP contribution in [0.25, 0.3) is 10.8 Å². The summed E-state index contributed by atoms with van der Waals surface area (Å²) < 4.78 is 23.5. The smallest absolute Gasteiger partial charge is 0.260 e. The number of nitrogens with zero attached hydrogens (tertiary/aromatic N) is 1. The normalized spacial score (nSPS) is 10.6. The average Bonchev–Trinajstić information content (AvgIpc) is 2.66. The number of halogens is 1. The lowest BCUT2D eigenvalue weighted by Gasteiger charge is -2.18. The van der Waals surface area contributed by atoms with Gasteiger partial charge in [0.1, 0.15) is 17.3 Å². The van der Waals surface area contributed by atoms with Crippen LogP contribution < -0.4 is 9.47 Å². The van der Waals surface area contributed by atoms with Crippen molar-refractivity contribution in [2.24, 2.45) is 0 Å². The molecule has 0 saturated heterocycles. The fourth-order valence-corrected chi connectivity index (χ4v) is 2.65. The topological polar surface area (TPSA) is 38.8 Å². The molecule has 0 unspecified atom stereocenters. The lowest BCUT2D eigenvalue weighted by atomic mass is 10.1. The fraction of sp³-hybridized carbons (Fsp3) is 0.190. The number of rotatable bonds is 6. The van der Waals surface area contributed by atoms with Crippen LogP contribution in [0.15, 0.2) is 60.7 Å². The van der Waals surface area contributed by atoms with Gasteiger partial charge in [-0.15, -0.1) is 0 Å². The second kappa shape index (κ2) is 7.87. The predicted octanol–water partition coefficient (Wildman–Crippen LogP) is 4.02. The van der Waals surface area contributed by atoms with Gasteiger partial charge in [0.25, 0.3) is 5.91 Å². The number of ether oxygens (including phenoxy) is 2. The van der Waals surface area contributed by atoms with E-state index in [9.17, 15) is 9.18 Å². The van der Waals surface area contributed by atoms with Crippen LogP contribution in [0.2, 0.25) is 0 Å². The summed E-state index contributed by atoms with van der Waals surface area (Å²) in [5.41, 5.74) is 1.03. The van der Waals surface area contributed by atoms with Gasteiger partial charge in [-0.2, -0.15) is 0 Å². The van der Waals surface area contributed by atoms with Crippen molar-refractivity contribution < 1.29 is 18.7 Å². The molecule has 0 aromatic heterocycles. The third kappa shape index (κ3) is 4.30. The largest absolute Gasteiger partial charge is 0.497 e. The minimum Gasteiger partial charge on any atom is -0.497 e. The summed E-state index contributed by atoms with van der Waals surface area (Å²) in [4.78, 5) is 13.9. The molecule has 0 spiro atoms. The zero-order valence-electron chi connectivity index (χ0n) is 14.7. The molecule has 5 heteroatoms. The van der Waals surface area contributed by atoms with E-state index in [0.29, 0.717) is 12.3 Å². The Bertz CT molecular complexity index is 909. The first kappa shape index (κ1) is 17.7. The van der Waals surface area contributed by atoms with E-state index < -0.39 is 0 Å². The Kier molecular flexibility index (Phi) is 5.37. The molecule has 134 valence electrons. The highest BCUT2D eigenvalue weighted by atomic mass is 19.1. The third-order valence-corrected chi connectivity index (χ3v) is 4.13. The van der Waals surface area contributed by atoms with E-state index in [0.717, 1.165) is 22.1 Å². The number of carbonyl (C=O) groups is 1. The molecule has 0 aliphatic rings. The summed E-state index contributed by atoms with van der Waals surface area (Å²) in [5, 5.41) is 2.17. The van der Waals surface area contributed by atoms with E-state index in [1.54, 1.807) is 19.1 Å². The maximum absolute atomic E-state index is 12.9. The van der Waals surface area contributed by atoms with Crippen molar-refractivity contribution >= 4 is 16.7 Å². The molecule has 3 rings (SSSR count). The van der Waals surface area contributed by atoms with E-state index in [4.69, 9.17) is 9.47 Å². The van der Waals surface area contributed by atoms with Gasteiger partial charge in [0.05, 0.1) is 7.11 Å². The van der Waals surface area contributed by atoms with Crippen molar-refractivity contribution in [2.45, 2.75) is 6.54 Å². The van der Waals surface area contributed by atoms with Crippen LogP contribution in [0.3, 0.4) is 0 Å². The van der Waals surface area contributed by atoms with E-state index >= 15 is 0 Å². The van der Waals surface area contributed by atoms with E-state index in [-0.39, 0.29) is 18.3 Å². The molecule has 1 amide bonds. The van der Waals surface area contributed by atoms with E-state index in [2.05, 4.69) is 6.07 Å². The first-order valence-electron chi connectivity index (χ1n) is 8.24. The Balaban J connectivity index is 1.61. The molecular formula is C21H20FNO3. The lowest BCUT2D eigenvalue weighted by molar-refractivity contribution is -0.132. The molecule has 3 aromatic rings. The number of hydrogen-bond donors (Lipinski definition) is 0. The van der Waals surface area contributed by atoms with Crippen molar-refractivity contribution in [3.8, 4) is 11.5 Å². The Hall–Kier alpha value is -3.08. The van der Waals surface area contributed by atoms with Gasteiger partial charge in [-0.1, -0.05) is 18.2 Å². The average molecular weight is 353 g/mol. The highest BCUT2D eigenvalue weighted by Crippen LogP contribution is 2.22. The molecule has 4 nitrogen and oxygen atoms in total. The van der Waals surface area contributed by atoms with Gasteiger partial charge in [-0.05, 0) is 58.8 Å². The highest BCUT2D eigenvalue weighted by Gasteiger charge is 2.11. The summed E-state index contributed by atoms with van der Waals surface area (Å²) in [6.07, 6.45) is 0. The molecule has 0 N–H and O–H groups in total. The molecular weight excluding hydrogens is 333 g/mol. The monoisotopic (exact) mass is 353 g/mol. The van der Waals surface area contributed by atoms with Crippen molar-refractivity contribution in [3.05, 3.63) is 72.0 Å². The number of likely N-dealkylation sites (N-methyl/N-ethyl adjacent to an activating group) is 1. The van der Waals surface area contributed by atoms with Crippen molar-refractivity contribution in [2.75, 3.05) is 20.8 Å². The zero-order valence-corrected chi connectivity index (χ0v) is 14.7. The van der Waals surface area contributed by atoms with Crippen LogP contribution in [0.5, 0.6) is 11.5 Å². The zero-order chi connectivity index (χ0) is 18.5. The van der Waals surface area contributed by atoms with Crippen molar-refractivity contribution in [3.63, 3.8) is 0 Å². The molecule has 0 heterocycles. The molecule has 0 saturated carbocycles. The van der Waals surface area contributed by atoms with Crippen LogP contribution in [-0.4, -0.2) is 31.6 Å². The first-order chi connectivity index (χ1) is 12.5. The molecule has 0 atom stereocenters. The summed E-state index contributed by atoms with van der Waals surface area (Å²) in [6.45, 7) is 0.389. The maximum atomic E-state index is 12.9. The minimum absolute atomic E-state index is 0.0904. The number of hydrogen-bond acceptors (Lipinski definition) is 3. The van der Waals surface area contributed by atoms with Gasteiger partial charge in [-0.3, -0.25) is 4.79 Å². The molecule has 26 heavy (non-hydrogen) atoms. The molecule has 3 aromatic carbocycles. The minimum atomic E-state index is -0.338. The molecule has 0 aliphatic heterocycles. The Morgan fingerprint density at radius 3 is 2.35 bits per heavy atom. The summed E-state index contributed by atoms with van der Waals surface area (Å²) >= 11 is 0. The number of methoxy groups -OCH3 is 1. The van der Waals surface area contributed by atoms with Gasteiger partial charge >= 0.3 is 0 Å².